The molecule has 3 heterocycles. The number of carbonyl (C=O) groups excluding carboxylic acids is 3. The van der Waals surface area contributed by atoms with E-state index in [0.29, 0.717) is 0 Å². The van der Waals surface area contributed by atoms with Gasteiger partial charge in [0.25, 0.3) is 0 Å². The highest BCUT2D eigenvalue weighted by molar-refractivity contribution is 5.93. The summed E-state index contributed by atoms with van der Waals surface area (Å²) in [5.41, 5.74) is -3.46. The monoisotopic (exact) mass is 340 g/mol. The molecule has 0 aromatic heterocycles. The highest BCUT2D eigenvalue weighted by Gasteiger charge is 2.78. The van der Waals surface area contributed by atoms with Crippen molar-refractivity contribution in [2.24, 2.45) is 10.8 Å². The molecule has 24 heavy (non-hydrogen) atoms. The van der Waals surface area contributed by atoms with E-state index in [2.05, 4.69) is 4.74 Å². The van der Waals surface area contributed by atoms with E-state index >= 15 is 0 Å². The van der Waals surface area contributed by atoms with Crippen molar-refractivity contribution in [3.05, 3.63) is 11.8 Å². The molecular formula is C16H20O8. The molecule has 8 nitrogen and oxygen atoms in total. The number of hydrogen-bond acceptors (Lipinski definition) is 8. The third kappa shape index (κ3) is 1.80. The van der Waals surface area contributed by atoms with Crippen molar-refractivity contribution in [2.45, 2.75) is 39.1 Å². The molecule has 2 spiro atoms. The Kier molecular flexibility index (Phi) is 3.29. The van der Waals surface area contributed by atoms with Gasteiger partial charge in [0.15, 0.2) is 5.76 Å². The molecule has 132 valence electrons. The predicted octanol–water partition coefficient (Wildman–Crippen LogP) is 0.691. The van der Waals surface area contributed by atoms with Crippen LogP contribution in [0.5, 0.6) is 0 Å². The van der Waals surface area contributed by atoms with Gasteiger partial charge in [-0.2, -0.15) is 0 Å². The topological polar surface area (TPSA) is 97.4 Å². The van der Waals surface area contributed by atoms with E-state index in [0.717, 1.165) is 6.08 Å². The molecule has 0 aromatic carbocycles. The quantitative estimate of drug-likeness (QED) is 0.391. The molecule has 0 radical (unpaired) electrons. The minimum Gasteiger partial charge on any atom is -0.466 e. The number of esters is 3. The number of hydrogen-bond donors (Lipinski definition) is 0. The van der Waals surface area contributed by atoms with Gasteiger partial charge in [-0.05, 0) is 13.8 Å². The number of methoxy groups -OCH3 is 1. The first-order valence-electron chi connectivity index (χ1n) is 7.56. The first-order valence-corrected chi connectivity index (χ1v) is 7.56. The summed E-state index contributed by atoms with van der Waals surface area (Å²) in [6.45, 7) is 7.03. The minimum absolute atomic E-state index is 0.0548. The second kappa shape index (κ2) is 4.72. The predicted molar refractivity (Wildman–Crippen MR) is 77.2 cm³/mol. The van der Waals surface area contributed by atoms with E-state index in [9.17, 15) is 14.4 Å². The van der Waals surface area contributed by atoms with Crippen LogP contribution in [-0.2, 0) is 38.1 Å². The molecular weight excluding hydrogens is 320 g/mol. The van der Waals surface area contributed by atoms with Gasteiger partial charge >= 0.3 is 23.7 Å². The van der Waals surface area contributed by atoms with Gasteiger partial charge in [0.1, 0.15) is 13.2 Å². The van der Waals surface area contributed by atoms with Crippen LogP contribution >= 0.6 is 0 Å². The zero-order valence-electron chi connectivity index (χ0n) is 14.3. The van der Waals surface area contributed by atoms with E-state index < -0.39 is 40.1 Å². The van der Waals surface area contributed by atoms with Crippen LogP contribution in [0.25, 0.3) is 0 Å². The highest BCUT2D eigenvalue weighted by Crippen LogP contribution is 2.59. The van der Waals surface area contributed by atoms with E-state index in [1.807, 2.05) is 0 Å². The van der Waals surface area contributed by atoms with Gasteiger partial charge in [-0.3, -0.25) is 0 Å². The van der Waals surface area contributed by atoms with E-state index in [4.69, 9.17) is 18.9 Å². The smallest absolute Gasteiger partial charge is 0.380 e. The SMILES string of the molecule is COC(=O)/C=C1\OC2(OC13C(=O)OCC3(C)C)C(=O)OCC2(C)C. The number of ether oxygens (including phenoxy) is 5. The van der Waals surface area contributed by atoms with Crippen LogP contribution in [0.3, 0.4) is 0 Å². The zero-order chi connectivity index (χ0) is 18.0. The summed E-state index contributed by atoms with van der Waals surface area (Å²) in [4.78, 5) is 36.8. The van der Waals surface area contributed by atoms with Crippen LogP contribution in [0.1, 0.15) is 27.7 Å². The Morgan fingerprint density at radius 3 is 2.08 bits per heavy atom. The number of cyclic esters (lactones) is 2. The van der Waals surface area contributed by atoms with Crippen LogP contribution in [0, 0.1) is 10.8 Å². The summed E-state index contributed by atoms with van der Waals surface area (Å²) in [7, 11) is 1.20. The Morgan fingerprint density at radius 1 is 1.04 bits per heavy atom. The third-order valence-corrected chi connectivity index (χ3v) is 4.88. The molecule has 0 N–H and O–H groups in total. The second-order valence-electron chi connectivity index (χ2n) is 7.45. The maximum Gasteiger partial charge on any atom is 0.380 e. The second-order valence-corrected chi connectivity index (χ2v) is 7.45. The van der Waals surface area contributed by atoms with Crippen molar-refractivity contribution in [3.63, 3.8) is 0 Å². The Balaban J connectivity index is 2.21. The summed E-state index contributed by atoms with van der Waals surface area (Å²) in [6.07, 6.45) is 1.02. The lowest BCUT2D eigenvalue weighted by molar-refractivity contribution is -0.232. The molecule has 3 rings (SSSR count). The Labute approximate surface area is 139 Å². The molecule has 0 aliphatic carbocycles. The van der Waals surface area contributed by atoms with Crippen molar-refractivity contribution >= 4 is 17.9 Å². The first kappa shape index (κ1) is 16.8. The van der Waals surface area contributed by atoms with Crippen molar-refractivity contribution < 1.29 is 38.1 Å². The highest BCUT2D eigenvalue weighted by atomic mass is 16.8. The Hall–Kier alpha value is -2.09. The van der Waals surface area contributed by atoms with E-state index in [1.165, 1.54) is 7.11 Å². The van der Waals surface area contributed by atoms with Crippen LogP contribution in [0.15, 0.2) is 11.8 Å². The van der Waals surface area contributed by atoms with Gasteiger partial charge < -0.3 is 23.7 Å². The Bertz CT molecular complexity index is 661. The third-order valence-electron chi connectivity index (χ3n) is 4.88. The lowest BCUT2D eigenvalue weighted by atomic mass is 9.75. The van der Waals surface area contributed by atoms with Crippen molar-refractivity contribution in [2.75, 3.05) is 20.3 Å². The van der Waals surface area contributed by atoms with Crippen LogP contribution in [0.4, 0.5) is 0 Å². The van der Waals surface area contributed by atoms with E-state index in [1.54, 1.807) is 27.7 Å². The molecule has 2 atom stereocenters. The molecule has 0 saturated carbocycles. The fraction of sp³-hybridized carbons (Fsp3) is 0.688. The molecule has 3 saturated heterocycles. The molecule has 3 aliphatic rings. The van der Waals surface area contributed by atoms with Gasteiger partial charge in [-0.1, -0.05) is 13.8 Å². The van der Waals surface area contributed by atoms with Crippen LogP contribution in [0.2, 0.25) is 0 Å². The lowest BCUT2D eigenvalue weighted by Crippen LogP contribution is -2.54. The standard InChI is InChI=1S/C16H20O8/c1-13(2)7-21-11(18)15(13)9(6-10(17)20-5)23-16(24-15)12(19)22-8-14(16,3)4/h6H,7-8H2,1-5H3/b9-6-. The van der Waals surface area contributed by atoms with Gasteiger partial charge in [-0.25, -0.2) is 14.4 Å². The molecule has 0 aromatic rings. The van der Waals surface area contributed by atoms with Crippen molar-refractivity contribution in [3.8, 4) is 0 Å². The lowest BCUT2D eigenvalue weighted by Gasteiger charge is -2.34. The zero-order valence-corrected chi connectivity index (χ0v) is 14.3. The van der Waals surface area contributed by atoms with Crippen LogP contribution in [-0.4, -0.2) is 49.6 Å². The van der Waals surface area contributed by atoms with Gasteiger partial charge in [0.05, 0.1) is 18.6 Å². The maximum absolute atomic E-state index is 12.6. The summed E-state index contributed by atoms with van der Waals surface area (Å²) in [6, 6.07) is 0. The van der Waals surface area contributed by atoms with E-state index in [-0.39, 0.29) is 19.0 Å². The Morgan fingerprint density at radius 2 is 1.62 bits per heavy atom. The maximum atomic E-state index is 12.6. The van der Waals surface area contributed by atoms with Crippen LogP contribution < -0.4 is 0 Å². The fourth-order valence-electron chi connectivity index (χ4n) is 3.22. The molecule has 0 amide bonds. The molecule has 3 fully saturated rings. The minimum atomic E-state index is -1.83. The molecule has 2 unspecified atom stereocenters. The average Bonchev–Trinajstić information content (AvgIpc) is 3.05. The average molecular weight is 340 g/mol. The molecule has 0 bridgehead atoms. The van der Waals surface area contributed by atoms with Crippen molar-refractivity contribution in [1.29, 1.82) is 0 Å². The first-order chi connectivity index (χ1) is 11.0. The number of rotatable bonds is 1. The number of carbonyl (C=O) groups is 3. The summed E-state index contributed by atoms with van der Waals surface area (Å²) in [5.74, 6) is -4.11. The van der Waals surface area contributed by atoms with Gasteiger partial charge in [-0.15, -0.1) is 0 Å². The van der Waals surface area contributed by atoms with Gasteiger partial charge in [0.2, 0.25) is 5.60 Å². The largest absolute Gasteiger partial charge is 0.466 e. The summed E-state index contributed by atoms with van der Waals surface area (Å²) < 4.78 is 26.7. The molecule has 3 aliphatic heterocycles. The fourth-order valence-corrected chi connectivity index (χ4v) is 3.22. The molecule has 8 heteroatoms. The van der Waals surface area contributed by atoms with Crippen molar-refractivity contribution in [1.82, 2.24) is 0 Å². The summed E-state index contributed by atoms with van der Waals surface area (Å²) >= 11 is 0. The normalized spacial score (nSPS) is 37.6. The van der Waals surface area contributed by atoms with Gasteiger partial charge in [0, 0.05) is 5.41 Å². The summed E-state index contributed by atoms with van der Waals surface area (Å²) in [5, 5.41) is 0.